The molecule has 0 radical (unpaired) electrons. The molecule has 0 spiro atoms. The van der Waals surface area contributed by atoms with Crippen molar-refractivity contribution in [2.75, 3.05) is 11.4 Å². The predicted molar refractivity (Wildman–Crippen MR) is 161 cm³/mol. The summed E-state index contributed by atoms with van der Waals surface area (Å²) in [6.45, 7) is 7.34. The van der Waals surface area contributed by atoms with Crippen LogP contribution in [0.3, 0.4) is 0 Å². The minimum absolute atomic E-state index is 0.0173. The fourth-order valence-electron chi connectivity index (χ4n) is 4.69. The lowest BCUT2D eigenvalue weighted by molar-refractivity contribution is -0.114. The molecule has 5 rings (SSSR count). The van der Waals surface area contributed by atoms with E-state index in [1.54, 1.807) is 0 Å². The van der Waals surface area contributed by atoms with E-state index < -0.39 is 0 Å². The molecule has 196 valence electrons. The van der Waals surface area contributed by atoms with E-state index in [-0.39, 0.29) is 17.7 Å². The smallest absolute Gasteiger partial charge is 0.265 e. The first kappa shape index (κ1) is 26.5. The molecule has 0 saturated carbocycles. The molecule has 0 aromatic heterocycles. The molecular formula is C34H32N2O2S. The van der Waals surface area contributed by atoms with E-state index >= 15 is 0 Å². The second-order valence-corrected chi connectivity index (χ2v) is 11.1. The Balaban J connectivity index is 1.32. The van der Waals surface area contributed by atoms with Gasteiger partial charge < -0.3 is 10.2 Å². The average Bonchev–Trinajstić information content (AvgIpc) is 2.96. The number of amides is 2. The largest absolute Gasteiger partial charge is 0.351 e. The molecule has 39 heavy (non-hydrogen) atoms. The molecule has 1 unspecified atom stereocenters. The number of hydrogen-bond donors (Lipinski definition) is 1. The number of carbonyl (C=O) groups is 2. The molecule has 0 fully saturated rings. The molecular weight excluding hydrogens is 500 g/mol. The van der Waals surface area contributed by atoms with Crippen LogP contribution in [0.1, 0.15) is 51.0 Å². The molecule has 0 aliphatic carbocycles. The number of benzene rings is 4. The highest BCUT2D eigenvalue weighted by Crippen LogP contribution is 2.42. The summed E-state index contributed by atoms with van der Waals surface area (Å²) in [7, 11) is 0. The van der Waals surface area contributed by atoms with Crippen molar-refractivity contribution in [1.29, 1.82) is 0 Å². The van der Waals surface area contributed by atoms with Gasteiger partial charge in [-0.1, -0.05) is 97.0 Å². The Morgan fingerprint density at radius 1 is 0.923 bits per heavy atom. The summed E-state index contributed by atoms with van der Waals surface area (Å²) in [6, 6.07) is 32.0. The average molecular weight is 533 g/mol. The molecule has 5 heteroatoms. The zero-order chi connectivity index (χ0) is 27.4. The third kappa shape index (κ3) is 6.15. The second-order valence-electron chi connectivity index (χ2n) is 10.0. The van der Waals surface area contributed by atoms with Crippen molar-refractivity contribution in [3.05, 3.63) is 135 Å². The summed E-state index contributed by atoms with van der Waals surface area (Å²) in [4.78, 5) is 30.0. The second kappa shape index (κ2) is 11.7. The van der Waals surface area contributed by atoms with E-state index in [0.717, 1.165) is 21.7 Å². The van der Waals surface area contributed by atoms with Crippen molar-refractivity contribution < 1.29 is 9.59 Å². The lowest BCUT2D eigenvalue weighted by Gasteiger charge is -2.31. The Morgan fingerprint density at radius 2 is 1.64 bits per heavy atom. The minimum Gasteiger partial charge on any atom is -0.351 e. The number of hydrogen-bond acceptors (Lipinski definition) is 3. The fraction of sp³-hybridized carbons (Fsp3) is 0.176. The summed E-state index contributed by atoms with van der Waals surface area (Å²) < 4.78 is 0. The molecule has 1 N–H and O–H groups in total. The van der Waals surface area contributed by atoms with Crippen LogP contribution in [0.4, 0.5) is 5.69 Å². The molecule has 1 aliphatic rings. The Labute approximate surface area is 234 Å². The number of anilines is 1. The van der Waals surface area contributed by atoms with Gasteiger partial charge in [0, 0.05) is 17.0 Å². The number of fused-ring (bicyclic) bond motifs is 1. The van der Waals surface area contributed by atoms with Gasteiger partial charge in [0.2, 0.25) is 0 Å². The van der Waals surface area contributed by atoms with E-state index in [9.17, 15) is 9.59 Å². The quantitative estimate of drug-likeness (QED) is 0.251. The molecule has 4 nitrogen and oxygen atoms in total. The van der Waals surface area contributed by atoms with Crippen LogP contribution in [0.15, 0.2) is 107 Å². The Kier molecular flexibility index (Phi) is 7.99. The fourth-order valence-corrected chi connectivity index (χ4v) is 5.75. The van der Waals surface area contributed by atoms with Gasteiger partial charge in [0.25, 0.3) is 11.8 Å². The molecule has 1 atom stereocenters. The first-order valence-corrected chi connectivity index (χ1v) is 14.0. The maximum atomic E-state index is 13.7. The van der Waals surface area contributed by atoms with E-state index in [2.05, 4.69) is 62.5 Å². The lowest BCUT2D eigenvalue weighted by atomic mass is 10.0. The van der Waals surface area contributed by atoms with Gasteiger partial charge in [0.05, 0.1) is 17.1 Å². The monoisotopic (exact) mass is 532 g/mol. The summed E-state index contributed by atoms with van der Waals surface area (Å²) in [5.41, 5.74) is 7.10. The molecule has 4 aromatic rings. The number of nitrogens with zero attached hydrogens (tertiary/aromatic N) is 1. The van der Waals surface area contributed by atoms with E-state index in [1.807, 2.05) is 71.6 Å². The molecule has 4 aromatic carbocycles. The van der Waals surface area contributed by atoms with Crippen molar-refractivity contribution in [3.63, 3.8) is 0 Å². The van der Waals surface area contributed by atoms with Crippen LogP contribution in [-0.4, -0.2) is 18.4 Å². The zero-order valence-electron chi connectivity index (χ0n) is 22.5. The number of nitrogens with one attached hydrogen (secondary N) is 1. The molecule has 0 saturated heterocycles. The summed E-state index contributed by atoms with van der Waals surface area (Å²) in [6.07, 6.45) is 1.91. The van der Waals surface area contributed by atoms with Crippen LogP contribution in [0.2, 0.25) is 0 Å². The SMILES string of the molecule is Cc1ccc(C)c(CN2C(=O)C(=Cc3ccc(C(=O)NCC(C)c4ccccc4)cc3)Sc3ccccc32)c1. The first-order valence-electron chi connectivity index (χ1n) is 13.2. The van der Waals surface area contributed by atoms with E-state index in [0.29, 0.717) is 23.6 Å². The van der Waals surface area contributed by atoms with Crippen molar-refractivity contribution in [2.24, 2.45) is 0 Å². The van der Waals surface area contributed by atoms with Crippen molar-refractivity contribution in [1.82, 2.24) is 5.32 Å². The Hall–Kier alpha value is -4.09. The summed E-state index contributed by atoms with van der Waals surface area (Å²) in [5.74, 6) is 0.105. The highest BCUT2D eigenvalue weighted by atomic mass is 32.2. The molecule has 1 heterocycles. The van der Waals surface area contributed by atoms with Gasteiger partial charge in [0.15, 0.2) is 0 Å². The van der Waals surface area contributed by atoms with Gasteiger partial charge in [-0.05, 0) is 72.4 Å². The zero-order valence-corrected chi connectivity index (χ0v) is 23.3. The maximum Gasteiger partial charge on any atom is 0.265 e. The molecule has 2 amide bonds. The van der Waals surface area contributed by atoms with Crippen LogP contribution in [0.5, 0.6) is 0 Å². The van der Waals surface area contributed by atoms with Gasteiger partial charge in [-0.15, -0.1) is 0 Å². The Morgan fingerprint density at radius 3 is 2.41 bits per heavy atom. The maximum absolute atomic E-state index is 13.7. The van der Waals surface area contributed by atoms with Gasteiger partial charge in [-0.3, -0.25) is 9.59 Å². The van der Waals surface area contributed by atoms with Gasteiger partial charge in [-0.2, -0.15) is 0 Å². The van der Waals surface area contributed by atoms with E-state index in [1.165, 1.54) is 28.5 Å². The number of aryl methyl sites for hydroxylation is 2. The van der Waals surface area contributed by atoms with Gasteiger partial charge in [-0.25, -0.2) is 0 Å². The van der Waals surface area contributed by atoms with Crippen LogP contribution >= 0.6 is 11.8 Å². The van der Waals surface area contributed by atoms with Gasteiger partial charge >= 0.3 is 0 Å². The number of para-hydroxylation sites is 1. The minimum atomic E-state index is -0.103. The van der Waals surface area contributed by atoms with Crippen LogP contribution in [0.25, 0.3) is 6.08 Å². The number of carbonyl (C=O) groups excluding carboxylic acids is 2. The molecule has 0 bridgehead atoms. The third-order valence-corrected chi connectivity index (χ3v) is 8.15. The highest BCUT2D eigenvalue weighted by Gasteiger charge is 2.29. The normalized spacial score (nSPS) is 14.7. The molecule has 1 aliphatic heterocycles. The van der Waals surface area contributed by atoms with Crippen molar-refractivity contribution in [3.8, 4) is 0 Å². The lowest BCUT2D eigenvalue weighted by Crippen LogP contribution is -2.34. The summed E-state index contributed by atoms with van der Waals surface area (Å²) >= 11 is 1.49. The predicted octanol–water partition coefficient (Wildman–Crippen LogP) is 7.52. The number of thioether (sulfide) groups is 1. The number of rotatable bonds is 7. The summed E-state index contributed by atoms with van der Waals surface area (Å²) in [5, 5.41) is 3.03. The van der Waals surface area contributed by atoms with E-state index in [4.69, 9.17) is 0 Å². The highest BCUT2D eigenvalue weighted by molar-refractivity contribution is 8.04. The topological polar surface area (TPSA) is 49.4 Å². The van der Waals surface area contributed by atoms with Crippen molar-refractivity contribution in [2.45, 2.75) is 38.1 Å². The Bertz CT molecular complexity index is 1530. The van der Waals surface area contributed by atoms with Crippen LogP contribution in [-0.2, 0) is 11.3 Å². The van der Waals surface area contributed by atoms with Crippen molar-refractivity contribution >= 4 is 35.3 Å². The van der Waals surface area contributed by atoms with Crippen LogP contribution < -0.4 is 10.2 Å². The third-order valence-electron chi connectivity index (χ3n) is 7.07. The first-order chi connectivity index (χ1) is 18.9. The van der Waals surface area contributed by atoms with Gasteiger partial charge in [0.1, 0.15) is 0 Å². The standard InChI is InChI=1S/C34H32N2O2S/c1-23-13-14-24(2)29(19-23)22-36-30-11-7-8-12-31(30)39-32(34(36)38)20-26-15-17-28(18-16-26)33(37)35-21-25(3)27-9-5-4-6-10-27/h4-20,25H,21-22H2,1-3H3,(H,35,37). The van der Waals surface area contributed by atoms with Crippen LogP contribution in [0, 0.1) is 13.8 Å².